The number of nitrogens with zero attached hydrogens (tertiary/aromatic N) is 6. The van der Waals surface area contributed by atoms with Crippen LogP contribution < -0.4 is 9.80 Å². The Hall–Kier alpha value is -3.41. The average molecular weight is 439 g/mol. The van der Waals surface area contributed by atoms with Crippen LogP contribution in [0.3, 0.4) is 0 Å². The van der Waals surface area contributed by atoms with Gasteiger partial charge in [0.1, 0.15) is 5.82 Å². The summed E-state index contributed by atoms with van der Waals surface area (Å²) >= 11 is 0. The molecule has 0 unspecified atom stereocenters. The number of benzene rings is 2. The van der Waals surface area contributed by atoms with Crippen LogP contribution in [0.25, 0.3) is 17.2 Å². The van der Waals surface area contributed by atoms with Crippen LogP contribution in [0.2, 0.25) is 0 Å². The van der Waals surface area contributed by atoms with Crippen LogP contribution in [0.4, 0.5) is 11.5 Å². The maximum absolute atomic E-state index is 4.95. The lowest BCUT2D eigenvalue weighted by Gasteiger charge is -2.38. The van der Waals surface area contributed by atoms with Crippen molar-refractivity contribution >= 4 is 17.3 Å². The maximum Gasteiger partial charge on any atom is 0.254 e. The Kier molecular flexibility index (Phi) is 4.82. The predicted octanol–water partition coefficient (Wildman–Crippen LogP) is 4.53. The summed E-state index contributed by atoms with van der Waals surface area (Å²) in [6.45, 7) is 10.4. The monoisotopic (exact) mass is 438 g/mol. The van der Waals surface area contributed by atoms with Crippen LogP contribution in [0.15, 0.2) is 42.5 Å². The fraction of sp³-hybridized carbons (Fsp3) is 0.370. The normalized spacial score (nSPS) is 16.0. The van der Waals surface area contributed by atoms with Crippen LogP contribution in [-0.4, -0.2) is 45.8 Å². The van der Waals surface area contributed by atoms with E-state index in [-0.39, 0.29) is 0 Å². The summed E-state index contributed by atoms with van der Waals surface area (Å²) < 4.78 is 2.01. The first-order valence-electron chi connectivity index (χ1n) is 12.0. The van der Waals surface area contributed by atoms with E-state index in [4.69, 9.17) is 15.1 Å². The molecule has 6 rings (SSSR count). The van der Waals surface area contributed by atoms with Gasteiger partial charge in [-0.1, -0.05) is 47.5 Å². The van der Waals surface area contributed by atoms with Gasteiger partial charge in [-0.15, -0.1) is 5.10 Å². The summed E-state index contributed by atoms with van der Waals surface area (Å²) in [6, 6.07) is 15.2. The zero-order valence-corrected chi connectivity index (χ0v) is 19.7. The molecule has 0 saturated carbocycles. The van der Waals surface area contributed by atoms with Gasteiger partial charge in [0.05, 0.1) is 5.69 Å². The van der Waals surface area contributed by atoms with Gasteiger partial charge in [0, 0.05) is 43.0 Å². The molecule has 4 aromatic rings. The fourth-order valence-corrected chi connectivity index (χ4v) is 5.33. The molecule has 168 valence electrons. The molecule has 0 N–H and O–H groups in total. The quantitative estimate of drug-likeness (QED) is 0.470. The molecule has 2 aromatic heterocycles. The second-order valence-electron chi connectivity index (χ2n) is 9.49. The van der Waals surface area contributed by atoms with Crippen molar-refractivity contribution < 1.29 is 0 Å². The van der Waals surface area contributed by atoms with Gasteiger partial charge in [0.2, 0.25) is 0 Å². The first-order chi connectivity index (χ1) is 16.1. The molecule has 0 spiro atoms. The minimum absolute atomic E-state index is 0.720. The van der Waals surface area contributed by atoms with Crippen molar-refractivity contribution in [3.8, 4) is 11.4 Å². The summed E-state index contributed by atoms with van der Waals surface area (Å²) in [7, 11) is 0. The second-order valence-corrected chi connectivity index (χ2v) is 9.49. The zero-order valence-electron chi connectivity index (χ0n) is 19.7. The van der Waals surface area contributed by atoms with Crippen LogP contribution in [0.1, 0.15) is 34.4 Å². The number of anilines is 2. The maximum atomic E-state index is 4.95. The van der Waals surface area contributed by atoms with Gasteiger partial charge in [0.15, 0.2) is 5.82 Å². The minimum Gasteiger partial charge on any atom is -0.368 e. The third-order valence-corrected chi connectivity index (χ3v) is 7.07. The topological polar surface area (TPSA) is 49.6 Å². The van der Waals surface area contributed by atoms with Gasteiger partial charge >= 0.3 is 0 Å². The third-order valence-electron chi connectivity index (χ3n) is 7.07. The SMILES string of the molecule is Cc1ccc(-c2nc3nc4c(c(N5CCN(c6ccc(C)cc6C)CC5)n3n2)CCC4)cc1. The lowest BCUT2D eigenvalue weighted by Crippen LogP contribution is -2.47. The first-order valence-corrected chi connectivity index (χ1v) is 12.0. The number of aromatic nitrogens is 4. The van der Waals surface area contributed by atoms with E-state index in [1.807, 2.05) is 4.52 Å². The Labute approximate surface area is 194 Å². The molecular weight excluding hydrogens is 408 g/mol. The van der Waals surface area contributed by atoms with E-state index < -0.39 is 0 Å². The number of hydrogen-bond acceptors (Lipinski definition) is 5. The van der Waals surface area contributed by atoms with Crippen molar-refractivity contribution in [1.82, 2.24) is 19.6 Å². The van der Waals surface area contributed by atoms with E-state index in [2.05, 4.69) is 73.0 Å². The van der Waals surface area contributed by atoms with Crippen LogP contribution in [0, 0.1) is 20.8 Å². The molecular formula is C27H30N6. The summed E-state index contributed by atoms with van der Waals surface area (Å²) in [4.78, 5) is 14.8. The molecule has 0 bridgehead atoms. The van der Waals surface area contributed by atoms with E-state index in [1.54, 1.807) is 0 Å². The molecule has 33 heavy (non-hydrogen) atoms. The largest absolute Gasteiger partial charge is 0.368 e. The molecule has 1 aliphatic carbocycles. The molecule has 1 saturated heterocycles. The van der Waals surface area contributed by atoms with Gasteiger partial charge < -0.3 is 9.80 Å². The Morgan fingerprint density at radius 1 is 0.758 bits per heavy atom. The molecule has 0 atom stereocenters. The van der Waals surface area contributed by atoms with Crippen LogP contribution in [-0.2, 0) is 12.8 Å². The lowest BCUT2D eigenvalue weighted by atomic mass is 10.1. The molecule has 3 heterocycles. The molecule has 0 amide bonds. The molecule has 1 fully saturated rings. The highest BCUT2D eigenvalue weighted by atomic mass is 15.4. The highest BCUT2D eigenvalue weighted by molar-refractivity contribution is 5.63. The predicted molar refractivity (Wildman–Crippen MR) is 133 cm³/mol. The summed E-state index contributed by atoms with van der Waals surface area (Å²) in [6.07, 6.45) is 3.27. The lowest BCUT2D eigenvalue weighted by molar-refractivity contribution is 0.634. The Morgan fingerprint density at radius 2 is 1.48 bits per heavy atom. The van der Waals surface area contributed by atoms with E-state index in [1.165, 1.54) is 39.5 Å². The molecule has 6 heteroatoms. The number of piperazine rings is 1. The zero-order chi connectivity index (χ0) is 22.5. The Bertz CT molecular complexity index is 1330. The van der Waals surface area contributed by atoms with Crippen molar-refractivity contribution in [2.45, 2.75) is 40.0 Å². The number of aryl methyl sites for hydroxylation is 4. The van der Waals surface area contributed by atoms with Crippen molar-refractivity contribution in [3.05, 3.63) is 70.4 Å². The van der Waals surface area contributed by atoms with Crippen LogP contribution in [0.5, 0.6) is 0 Å². The van der Waals surface area contributed by atoms with E-state index in [0.29, 0.717) is 0 Å². The van der Waals surface area contributed by atoms with Crippen molar-refractivity contribution in [2.75, 3.05) is 36.0 Å². The van der Waals surface area contributed by atoms with E-state index in [0.717, 1.165) is 62.6 Å². The van der Waals surface area contributed by atoms with E-state index >= 15 is 0 Å². The van der Waals surface area contributed by atoms with Gasteiger partial charge in [-0.2, -0.15) is 9.50 Å². The van der Waals surface area contributed by atoms with Gasteiger partial charge in [0.25, 0.3) is 5.78 Å². The van der Waals surface area contributed by atoms with Gasteiger partial charge in [-0.3, -0.25) is 0 Å². The van der Waals surface area contributed by atoms with Crippen molar-refractivity contribution in [1.29, 1.82) is 0 Å². The number of hydrogen-bond donors (Lipinski definition) is 0. The summed E-state index contributed by atoms with van der Waals surface area (Å²) in [5.41, 5.74) is 8.88. The standard InChI is InChI=1S/C27H30N6/c1-18-7-10-21(11-8-18)25-29-27-28-23-6-4-5-22(23)26(33(27)30-25)32-15-13-31(14-16-32)24-12-9-19(2)17-20(24)3/h7-12,17H,4-6,13-16H2,1-3H3. The Morgan fingerprint density at radius 3 is 2.24 bits per heavy atom. The summed E-state index contributed by atoms with van der Waals surface area (Å²) in [5.74, 6) is 2.68. The molecule has 2 aromatic carbocycles. The minimum atomic E-state index is 0.720. The second kappa shape index (κ2) is 7.87. The number of rotatable bonds is 3. The average Bonchev–Trinajstić information content (AvgIpc) is 3.45. The van der Waals surface area contributed by atoms with E-state index in [9.17, 15) is 0 Å². The molecule has 0 radical (unpaired) electrons. The highest BCUT2D eigenvalue weighted by Crippen LogP contribution is 2.33. The van der Waals surface area contributed by atoms with Gasteiger partial charge in [-0.05, 0) is 51.7 Å². The highest BCUT2D eigenvalue weighted by Gasteiger charge is 2.28. The summed E-state index contributed by atoms with van der Waals surface area (Å²) in [5, 5.41) is 4.95. The Balaban J connectivity index is 1.35. The number of fused-ring (bicyclic) bond motifs is 2. The first kappa shape index (κ1) is 20.2. The van der Waals surface area contributed by atoms with Crippen molar-refractivity contribution in [3.63, 3.8) is 0 Å². The third kappa shape index (κ3) is 3.54. The van der Waals surface area contributed by atoms with Crippen molar-refractivity contribution in [2.24, 2.45) is 0 Å². The molecule has 6 nitrogen and oxygen atoms in total. The smallest absolute Gasteiger partial charge is 0.254 e. The fourth-order valence-electron chi connectivity index (χ4n) is 5.33. The molecule has 2 aliphatic rings. The molecule has 1 aliphatic heterocycles. The van der Waals surface area contributed by atoms with Crippen LogP contribution >= 0.6 is 0 Å². The van der Waals surface area contributed by atoms with Gasteiger partial charge in [-0.25, -0.2) is 4.98 Å².